The minimum atomic E-state index is -3.60. The second kappa shape index (κ2) is 7.53. The normalized spacial score (nSPS) is 18.8. The summed E-state index contributed by atoms with van der Waals surface area (Å²) < 4.78 is 27.2. The summed E-state index contributed by atoms with van der Waals surface area (Å²) in [7, 11) is -3.60. The highest BCUT2D eigenvalue weighted by Crippen LogP contribution is 2.29. The summed E-state index contributed by atoms with van der Waals surface area (Å²) in [4.78, 5) is 25.6. The molecule has 0 atom stereocenters. The number of aromatic nitrogens is 2. The zero-order valence-electron chi connectivity index (χ0n) is 14.8. The minimum absolute atomic E-state index is 0.149. The maximum Gasteiger partial charge on any atom is 0.265 e. The van der Waals surface area contributed by atoms with Gasteiger partial charge in [-0.1, -0.05) is 0 Å². The lowest BCUT2D eigenvalue weighted by molar-refractivity contribution is 0.0747. The van der Waals surface area contributed by atoms with E-state index in [9.17, 15) is 13.2 Å². The number of sulfonamides is 1. The van der Waals surface area contributed by atoms with E-state index in [1.54, 1.807) is 34.9 Å². The van der Waals surface area contributed by atoms with E-state index in [-0.39, 0.29) is 10.8 Å². The fourth-order valence-electron chi connectivity index (χ4n) is 3.46. The van der Waals surface area contributed by atoms with Crippen molar-refractivity contribution in [3.05, 3.63) is 34.9 Å². The number of carbonyl (C=O) groups is 1. The van der Waals surface area contributed by atoms with Gasteiger partial charge in [-0.25, -0.2) is 13.4 Å². The van der Waals surface area contributed by atoms with E-state index in [4.69, 9.17) is 0 Å². The van der Waals surface area contributed by atoms with Crippen LogP contribution in [0.15, 0.2) is 34.9 Å². The monoisotopic (exact) mass is 407 g/mol. The van der Waals surface area contributed by atoms with Crippen molar-refractivity contribution in [3.63, 3.8) is 0 Å². The molecule has 4 heterocycles. The number of rotatable bonds is 4. The van der Waals surface area contributed by atoms with Crippen molar-refractivity contribution in [3.8, 4) is 0 Å². The zero-order valence-corrected chi connectivity index (χ0v) is 16.5. The Balaban J connectivity index is 1.48. The Morgan fingerprint density at radius 1 is 1.04 bits per heavy atom. The Bertz CT molecular complexity index is 902. The molecule has 4 rings (SSSR count). The molecule has 2 saturated heterocycles. The topological polar surface area (TPSA) is 86.7 Å². The van der Waals surface area contributed by atoms with Crippen molar-refractivity contribution in [1.82, 2.24) is 19.2 Å². The summed E-state index contributed by atoms with van der Waals surface area (Å²) in [6, 6.07) is 1.56. The smallest absolute Gasteiger partial charge is 0.265 e. The number of thiophene rings is 1. The van der Waals surface area contributed by atoms with Gasteiger partial charge in [0.1, 0.15) is 15.6 Å². The van der Waals surface area contributed by atoms with Crippen LogP contribution < -0.4 is 4.90 Å². The molecule has 0 unspecified atom stereocenters. The fourth-order valence-corrected chi connectivity index (χ4v) is 6.34. The van der Waals surface area contributed by atoms with Gasteiger partial charge in [0, 0.05) is 51.7 Å². The van der Waals surface area contributed by atoms with Crippen molar-refractivity contribution in [2.75, 3.05) is 44.2 Å². The summed E-state index contributed by atoms with van der Waals surface area (Å²) in [6.07, 6.45) is 6.72. The predicted octanol–water partition coefficient (Wildman–Crippen LogP) is 1.29. The third kappa shape index (κ3) is 3.56. The second-order valence-corrected chi connectivity index (χ2v) is 9.39. The highest BCUT2D eigenvalue weighted by atomic mass is 32.2. The standard InChI is InChI=1S/C17H21N5O3S2/c23-17(21-10-8-20(9-11-21)15-13-18-4-5-19-15)16-14(3-12-26-16)27(24,25)22-6-1-2-7-22/h3-5,12-13H,1-2,6-11H2. The summed E-state index contributed by atoms with van der Waals surface area (Å²) in [5.41, 5.74) is 0. The average Bonchev–Trinajstić information content (AvgIpc) is 3.41. The first-order valence-corrected chi connectivity index (χ1v) is 11.3. The number of anilines is 1. The molecule has 0 N–H and O–H groups in total. The minimum Gasteiger partial charge on any atom is -0.352 e. The molecule has 0 aliphatic carbocycles. The number of carbonyl (C=O) groups excluding carboxylic acids is 1. The van der Waals surface area contributed by atoms with Crippen LogP contribution >= 0.6 is 11.3 Å². The highest BCUT2D eigenvalue weighted by Gasteiger charge is 2.34. The van der Waals surface area contributed by atoms with Crippen molar-refractivity contribution in [2.45, 2.75) is 17.7 Å². The summed E-state index contributed by atoms with van der Waals surface area (Å²) in [6.45, 7) is 3.40. The van der Waals surface area contributed by atoms with Gasteiger partial charge in [-0.3, -0.25) is 9.78 Å². The van der Waals surface area contributed by atoms with Crippen LogP contribution in [0.3, 0.4) is 0 Å². The van der Waals surface area contributed by atoms with Gasteiger partial charge in [-0.15, -0.1) is 11.3 Å². The van der Waals surface area contributed by atoms with Crippen molar-refractivity contribution >= 4 is 33.1 Å². The quantitative estimate of drug-likeness (QED) is 0.759. The Labute approximate surface area is 162 Å². The van der Waals surface area contributed by atoms with Crippen LogP contribution in [0.4, 0.5) is 5.82 Å². The van der Waals surface area contributed by atoms with Gasteiger partial charge < -0.3 is 9.80 Å². The van der Waals surface area contributed by atoms with Crippen LogP contribution in [0.1, 0.15) is 22.5 Å². The summed E-state index contributed by atoms with van der Waals surface area (Å²) in [5.74, 6) is 0.583. The molecule has 10 heteroatoms. The van der Waals surface area contributed by atoms with Crippen LogP contribution in [0, 0.1) is 0 Å². The fraction of sp³-hybridized carbons (Fsp3) is 0.471. The molecule has 0 radical (unpaired) electrons. The molecule has 1 amide bonds. The molecule has 2 aliphatic rings. The second-order valence-electron chi connectivity index (χ2n) is 6.57. The van der Waals surface area contributed by atoms with Crippen LogP contribution in [0.2, 0.25) is 0 Å². The maximum absolute atomic E-state index is 13.0. The lowest BCUT2D eigenvalue weighted by atomic mass is 10.3. The van der Waals surface area contributed by atoms with E-state index in [1.807, 2.05) is 0 Å². The molecule has 0 aromatic carbocycles. The summed E-state index contributed by atoms with van der Waals surface area (Å²) >= 11 is 1.20. The lowest BCUT2D eigenvalue weighted by Gasteiger charge is -2.35. The summed E-state index contributed by atoms with van der Waals surface area (Å²) in [5, 5.41) is 1.69. The number of nitrogens with zero attached hydrogens (tertiary/aromatic N) is 5. The van der Waals surface area contributed by atoms with Gasteiger partial charge >= 0.3 is 0 Å². The molecule has 8 nitrogen and oxygen atoms in total. The number of amides is 1. The average molecular weight is 408 g/mol. The van der Waals surface area contributed by atoms with Gasteiger partial charge in [-0.05, 0) is 24.3 Å². The number of hydrogen-bond acceptors (Lipinski definition) is 7. The van der Waals surface area contributed by atoms with Gasteiger partial charge in [0.05, 0.1) is 6.20 Å². The first kappa shape index (κ1) is 18.3. The van der Waals surface area contributed by atoms with Gasteiger partial charge in [0.25, 0.3) is 5.91 Å². The van der Waals surface area contributed by atoms with Crippen LogP contribution in [0.25, 0.3) is 0 Å². The van der Waals surface area contributed by atoms with Crippen molar-refractivity contribution in [2.24, 2.45) is 0 Å². The molecule has 0 spiro atoms. The van der Waals surface area contributed by atoms with Crippen molar-refractivity contribution in [1.29, 1.82) is 0 Å². The Kier molecular flexibility index (Phi) is 5.11. The zero-order chi connectivity index (χ0) is 18.9. The SMILES string of the molecule is O=C(c1sccc1S(=O)(=O)N1CCCC1)N1CCN(c2cnccn2)CC1. The van der Waals surface area contributed by atoms with Crippen LogP contribution in [-0.2, 0) is 10.0 Å². The van der Waals surface area contributed by atoms with Crippen LogP contribution in [0.5, 0.6) is 0 Å². The molecule has 144 valence electrons. The van der Waals surface area contributed by atoms with E-state index in [2.05, 4.69) is 14.9 Å². The molecule has 0 saturated carbocycles. The molecule has 2 aliphatic heterocycles. The Morgan fingerprint density at radius 3 is 2.44 bits per heavy atom. The molecule has 2 aromatic rings. The molecular formula is C17H21N5O3S2. The van der Waals surface area contributed by atoms with Gasteiger partial charge in [-0.2, -0.15) is 4.31 Å². The van der Waals surface area contributed by atoms with Crippen molar-refractivity contribution < 1.29 is 13.2 Å². The van der Waals surface area contributed by atoms with E-state index in [0.717, 1.165) is 18.7 Å². The predicted molar refractivity (Wildman–Crippen MR) is 102 cm³/mol. The maximum atomic E-state index is 13.0. The molecule has 0 bridgehead atoms. The number of hydrogen-bond donors (Lipinski definition) is 0. The third-order valence-corrected chi connectivity index (χ3v) is 7.92. The molecule has 2 aromatic heterocycles. The third-order valence-electron chi connectivity index (χ3n) is 4.95. The van der Waals surface area contributed by atoms with Gasteiger partial charge in [0.15, 0.2) is 0 Å². The molecule has 27 heavy (non-hydrogen) atoms. The largest absolute Gasteiger partial charge is 0.352 e. The highest BCUT2D eigenvalue weighted by molar-refractivity contribution is 7.89. The van der Waals surface area contributed by atoms with E-state index in [0.29, 0.717) is 44.1 Å². The molecule has 2 fully saturated rings. The van der Waals surface area contributed by atoms with E-state index in [1.165, 1.54) is 15.6 Å². The Morgan fingerprint density at radius 2 is 1.78 bits per heavy atom. The molecular weight excluding hydrogens is 386 g/mol. The Hall–Kier alpha value is -2.04. The first-order valence-electron chi connectivity index (χ1n) is 8.95. The van der Waals surface area contributed by atoms with Gasteiger partial charge in [0.2, 0.25) is 10.0 Å². The van der Waals surface area contributed by atoms with E-state index >= 15 is 0 Å². The lowest BCUT2D eigenvalue weighted by Crippen LogP contribution is -2.49. The first-order chi connectivity index (χ1) is 13.1. The van der Waals surface area contributed by atoms with E-state index < -0.39 is 10.0 Å². The van der Waals surface area contributed by atoms with Crippen LogP contribution in [-0.4, -0.2) is 72.8 Å². The number of piperazine rings is 1.